The fourth-order valence-corrected chi connectivity index (χ4v) is 5.30. The molecule has 1 aromatic carbocycles. The molecule has 24 heavy (non-hydrogen) atoms. The number of rotatable bonds is 7. The van der Waals surface area contributed by atoms with Crippen molar-refractivity contribution in [1.82, 2.24) is 4.31 Å². The Hall–Kier alpha value is -0.590. The van der Waals surface area contributed by atoms with E-state index in [1.807, 2.05) is 0 Å². The van der Waals surface area contributed by atoms with Gasteiger partial charge in [-0.05, 0) is 52.7 Å². The van der Waals surface area contributed by atoms with Crippen LogP contribution >= 0.6 is 15.9 Å². The summed E-state index contributed by atoms with van der Waals surface area (Å²) in [5.74, 6) is 1.39. The molecule has 6 heteroatoms. The molecule has 1 aromatic rings. The van der Waals surface area contributed by atoms with Crippen molar-refractivity contribution in [3.63, 3.8) is 0 Å². The van der Waals surface area contributed by atoms with Gasteiger partial charge in [0.05, 0.1) is 16.0 Å². The van der Waals surface area contributed by atoms with Gasteiger partial charge in [-0.15, -0.1) is 0 Å². The van der Waals surface area contributed by atoms with Gasteiger partial charge in [-0.25, -0.2) is 8.42 Å². The van der Waals surface area contributed by atoms with E-state index < -0.39 is 10.0 Å². The van der Waals surface area contributed by atoms with Crippen LogP contribution in [0.15, 0.2) is 27.6 Å². The van der Waals surface area contributed by atoms with Gasteiger partial charge in [-0.2, -0.15) is 4.31 Å². The lowest BCUT2D eigenvalue weighted by Crippen LogP contribution is -2.42. The molecule has 1 aliphatic heterocycles. The van der Waals surface area contributed by atoms with Gasteiger partial charge in [-0.3, -0.25) is 0 Å². The van der Waals surface area contributed by atoms with Crippen LogP contribution in [-0.2, 0) is 10.0 Å². The maximum absolute atomic E-state index is 13.0. The lowest BCUT2D eigenvalue weighted by atomic mass is 9.94. The Morgan fingerprint density at radius 1 is 1.21 bits per heavy atom. The molecule has 2 rings (SSSR count). The Kier molecular flexibility index (Phi) is 7.13. The van der Waals surface area contributed by atoms with Crippen molar-refractivity contribution < 1.29 is 13.2 Å². The molecule has 1 aliphatic rings. The van der Waals surface area contributed by atoms with Gasteiger partial charge in [0.1, 0.15) is 5.75 Å². The smallest absolute Gasteiger partial charge is 0.243 e. The first-order valence-corrected chi connectivity index (χ1v) is 11.0. The second-order valence-electron chi connectivity index (χ2n) is 6.92. The molecule has 0 spiro atoms. The number of hydrogen-bond acceptors (Lipinski definition) is 3. The maximum Gasteiger partial charge on any atom is 0.243 e. The van der Waals surface area contributed by atoms with Gasteiger partial charge < -0.3 is 4.74 Å². The number of halogens is 1. The van der Waals surface area contributed by atoms with Crippen molar-refractivity contribution in [1.29, 1.82) is 0 Å². The van der Waals surface area contributed by atoms with Crippen LogP contribution < -0.4 is 4.74 Å². The lowest BCUT2D eigenvalue weighted by Gasteiger charge is -2.34. The Morgan fingerprint density at radius 3 is 2.50 bits per heavy atom. The second-order valence-corrected chi connectivity index (χ2v) is 9.71. The van der Waals surface area contributed by atoms with E-state index in [0.29, 0.717) is 42.2 Å². The average molecular weight is 418 g/mol. The zero-order valence-electron chi connectivity index (χ0n) is 14.8. The van der Waals surface area contributed by atoms with E-state index in [-0.39, 0.29) is 0 Å². The molecule has 2 atom stereocenters. The third-order valence-corrected chi connectivity index (χ3v) is 6.86. The predicted molar refractivity (Wildman–Crippen MR) is 101 cm³/mol. The highest BCUT2D eigenvalue weighted by Crippen LogP contribution is 2.32. The fraction of sp³-hybridized carbons (Fsp3) is 0.667. The Balaban J connectivity index is 2.17. The third kappa shape index (κ3) is 4.96. The van der Waals surface area contributed by atoms with Gasteiger partial charge in [0.25, 0.3) is 0 Å². The standard InChI is InChI=1S/C18H28BrNO3S/c1-4-5-6-9-23-18-11-16(7-8-17(18)19)24(21,22)20-12-14(2)10-15(3)13-20/h7-8,11,14-15H,4-6,9-10,12-13H2,1-3H3/t14-,15+. The molecule has 0 unspecified atom stereocenters. The summed E-state index contributed by atoms with van der Waals surface area (Å²) in [6.07, 6.45) is 4.29. The zero-order valence-corrected chi connectivity index (χ0v) is 17.2. The number of ether oxygens (including phenoxy) is 1. The Morgan fingerprint density at radius 2 is 1.88 bits per heavy atom. The van der Waals surface area contributed by atoms with E-state index in [9.17, 15) is 8.42 Å². The van der Waals surface area contributed by atoms with Crippen LogP contribution in [0, 0.1) is 11.8 Å². The molecule has 0 aromatic heterocycles. The van der Waals surface area contributed by atoms with E-state index in [4.69, 9.17) is 4.74 Å². The first-order valence-electron chi connectivity index (χ1n) is 8.77. The highest BCUT2D eigenvalue weighted by atomic mass is 79.9. The Bertz CT molecular complexity index is 638. The summed E-state index contributed by atoms with van der Waals surface area (Å²) in [5, 5.41) is 0. The highest BCUT2D eigenvalue weighted by Gasteiger charge is 2.32. The minimum absolute atomic E-state index is 0.317. The molecule has 1 fully saturated rings. The van der Waals surface area contributed by atoms with Crippen molar-refractivity contribution in [2.24, 2.45) is 11.8 Å². The highest BCUT2D eigenvalue weighted by molar-refractivity contribution is 9.10. The quantitative estimate of drug-likeness (QED) is 0.604. The van der Waals surface area contributed by atoms with Gasteiger partial charge >= 0.3 is 0 Å². The van der Waals surface area contributed by atoms with Crippen molar-refractivity contribution in [3.05, 3.63) is 22.7 Å². The van der Waals surface area contributed by atoms with E-state index in [0.717, 1.165) is 30.2 Å². The molecule has 4 nitrogen and oxygen atoms in total. The molecular formula is C18H28BrNO3S. The van der Waals surface area contributed by atoms with Crippen LogP contribution in [0.1, 0.15) is 46.5 Å². The van der Waals surface area contributed by atoms with Crippen LogP contribution in [0.4, 0.5) is 0 Å². The molecule has 1 saturated heterocycles. The SMILES string of the molecule is CCCCCOc1cc(S(=O)(=O)N2C[C@H](C)C[C@H](C)C2)ccc1Br. The van der Waals surface area contributed by atoms with Gasteiger partial charge in [0.15, 0.2) is 0 Å². The molecule has 0 bridgehead atoms. The van der Waals surface area contributed by atoms with Crippen LogP contribution in [0.25, 0.3) is 0 Å². The summed E-state index contributed by atoms with van der Waals surface area (Å²) in [7, 11) is -3.47. The van der Waals surface area contributed by atoms with Crippen LogP contribution in [0.3, 0.4) is 0 Å². The largest absolute Gasteiger partial charge is 0.492 e. The molecule has 0 amide bonds. The topological polar surface area (TPSA) is 46.6 Å². The molecular weight excluding hydrogens is 390 g/mol. The first-order chi connectivity index (χ1) is 11.3. The molecule has 0 aliphatic carbocycles. The third-order valence-electron chi connectivity index (χ3n) is 4.38. The number of sulfonamides is 1. The number of nitrogens with zero attached hydrogens (tertiary/aromatic N) is 1. The normalized spacial score (nSPS) is 22.5. The van der Waals surface area contributed by atoms with E-state index in [1.54, 1.807) is 22.5 Å². The number of piperidine rings is 1. The van der Waals surface area contributed by atoms with Crippen molar-refractivity contribution >= 4 is 26.0 Å². The van der Waals surface area contributed by atoms with E-state index >= 15 is 0 Å². The molecule has 0 radical (unpaired) electrons. The van der Waals surface area contributed by atoms with Crippen LogP contribution in [-0.4, -0.2) is 32.4 Å². The van der Waals surface area contributed by atoms with E-state index in [1.165, 1.54) is 0 Å². The fourth-order valence-electron chi connectivity index (χ4n) is 3.24. The van der Waals surface area contributed by atoms with Gasteiger partial charge in [-0.1, -0.05) is 33.6 Å². The summed E-state index contributed by atoms with van der Waals surface area (Å²) in [4.78, 5) is 0.317. The van der Waals surface area contributed by atoms with Gasteiger partial charge in [0, 0.05) is 19.2 Å². The molecule has 0 saturated carbocycles. The molecule has 1 heterocycles. The summed E-state index contributed by atoms with van der Waals surface area (Å²) >= 11 is 3.45. The number of unbranched alkanes of at least 4 members (excludes halogenated alkanes) is 2. The van der Waals surface area contributed by atoms with E-state index in [2.05, 4.69) is 36.7 Å². The van der Waals surface area contributed by atoms with Crippen molar-refractivity contribution in [2.75, 3.05) is 19.7 Å². The van der Waals surface area contributed by atoms with Crippen molar-refractivity contribution in [2.45, 2.75) is 51.3 Å². The minimum Gasteiger partial charge on any atom is -0.492 e. The van der Waals surface area contributed by atoms with Crippen LogP contribution in [0.5, 0.6) is 5.75 Å². The summed E-state index contributed by atoms with van der Waals surface area (Å²) in [6, 6.07) is 5.07. The number of benzene rings is 1. The lowest BCUT2D eigenvalue weighted by molar-refractivity contribution is 0.222. The molecule has 136 valence electrons. The maximum atomic E-state index is 13.0. The first kappa shape index (κ1) is 19.7. The predicted octanol–water partition coefficient (Wildman–Crippen LogP) is 4.68. The molecule has 0 N–H and O–H groups in total. The summed E-state index contributed by atoms with van der Waals surface area (Å²) < 4.78 is 34.1. The minimum atomic E-state index is -3.47. The summed E-state index contributed by atoms with van der Waals surface area (Å²) in [5.41, 5.74) is 0. The van der Waals surface area contributed by atoms with Crippen molar-refractivity contribution in [3.8, 4) is 5.75 Å². The summed E-state index contributed by atoms with van der Waals surface area (Å²) in [6.45, 7) is 8.16. The zero-order chi connectivity index (χ0) is 17.7. The second kappa shape index (κ2) is 8.68. The Labute approximate surface area is 154 Å². The monoisotopic (exact) mass is 417 g/mol. The average Bonchev–Trinajstić information content (AvgIpc) is 2.52. The number of hydrogen-bond donors (Lipinski definition) is 0. The van der Waals surface area contributed by atoms with Crippen LogP contribution in [0.2, 0.25) is 0 Å². The van der Waals surface area contributed by atoms with Gasteiger partial charge in [0.2, 0.25) is 10.0 Å².